The second-order valence-electron chi connectivity index (χ2n) is 4.41. The lowest BCUT2D eigenvalue weighted by Gasteiger charge is -2.18. The molecular weight excluding hydrogens is 226 g/mol. The van der Waals surface area contributed by atoms with Crippen molar-refractivity contribution >= 4 is 17.3 Å². The molecule has 0 aliphatic rings. The first kappa shape index (κ1) is 12.9. The third-order valence-electron chi connectivity index (χ3n) is 2.02. The van der Waals surface area contributed by atoms with Gasteiger partial charge in [-0.05, 0) is 12.1 Å². The summed E-state index contributed by atoms with van der Waals surface area (Å²) in [5, 5.41) is 11.7. The van der Waals surface area contributed by atoms with Crippen LogP contribution in [0.4, 0.5) is 0 Å². The molecular formula is C11H15NO3S. The van der Waals surface area contributed by atoms with Crippen LogP contribution in [0.2, 0.25) is 0 Å². The van der Waals surface area contributed by atoms with E-state index in [1.807, 2.05) is 0 Å². The number of nitrogens with zero attached hydrogens (tertiary/aromatic N) is 1. The first-order valence-corrected chi connectivity index (χ1v) is 5.94. The first-order valence-electron chi connectivity index (χ1n) is 4.83. The van der Waals surface area contributed by atoms with E-state index >= 15 is 0 Å². The number of hydrogen-bond donors (Lipinski definition) is 1. The average molecular weight is 241 g/mol. The molecule has 0 fully saturated rings. The maximum atomic E-state index is 11.7. The van der Waals surface area contributed by atoms with Crippen molar-refractivity contribution in [2.24, 2.45) is 0 Å². The van der Waals surface area contributed by atoms with Crippen LogP contribution in [-0.2, 0) is 11.1 Å². The minimum atomic E-state index is -2.08. The van der Waals surface area contributed by atoms with Gasteiger partial charge in [-0.2, -0.15) is 0 Å². The van der Waals surface area contributed by atoms with Crippen LogP contribution in [0.3, 0.4) is 0 Å². The lowest BCUT2D eigenvalue weighted by molar-refractivity contribution is -0.530. The molecule has 0 aromatic heterocycles. The van der Waals surface area contributed by atoms with Crippen LogP contribution in [-0.4, -0.2) is 25.3 Å². The third kappa shape index (κ3) is 3.15. The summed E-state index contributed by atoms with van der Waals surface area (Å²) < 4.78 is 20.9. The Morgan fingerprint density at radius 3 is 2.44 bits per heavy atom. The fourth-order valence-electron chi connectivity index (χ4n) is 1.07. The molecule has 1 aromatic carbocycles. The fourth-order valence-corrected chi connectivity index (χ4v) is 1.58. The summed E-state index contributed by atoms with van der Waals surface area (Å²) in [6.45, 7) is 5.32. The molecule has 5 heteroatoms. The summed E-state index contributed by atoms with van der Waals surface area (Å²) in [6.07, 6.45) is 1.34. The molecule has 0 spiro atoms. The number of benzene rings is 1. The van der Waals surface area contributed by atoms with Gasteiger partial charge in [-0.25, -0.2) is 8.95 Å². The zero-order chi connectivity index (χ0) is 12.3. The SMILES string of the molecule is CC(C)(C)/[N+]([O-])=C/c1ccccc1S(=O)O. The van der Waals surface area contributed by atoms with Crippen molar-refractivity contribution in [1.29, 1.82) is 0 Å². The largest absolute Gasteiger partial charge is 0.623 e. The van der Waals surface area contributed by atoms with Crippen molar-refractivity contribution in [2.45, 2.75) is 31.2 Å². The van der Waals surface area contributed by atoms with Gasteiger partial charge in [-0.3, -0.25) is 0 Å². The van der Waals surface area contributed by atoms with Crippen molar-refractivity contribution in [3.63, 3.8) is 0 Å². The van der Waals surface area contributed by atoms with Crippen molar-refractivity contribution in [3.05, 3.63) is 35.0 Å². The molecule has 0 saturated carbocycles. The van der Waals surface area contributed by atoms with Crippen LogP contribution in [0, 0.1) is 5.21 Å². The van der Waals surface area contributed by atoms with Crippen LogP contribution in [0.1, 0.15) is 26.3 Å². The maximum absolute atomic E-state index is 11.7. The van der Waals surface area contributed by atoms with Crippen molar-refractivity contribution in [1.82, 2.24) is 0 Å². The molecule has 0 aliphatic heterocycles. The molecule has 1 aromatic rings. The predicted molar refractivity (Wildman–Crippen MR) is 64.0 cm³/mol. The molecule has 1 atom stereocenters. The van der Waals surface area contributed by atoms with E-state index < -0.39 is 16.6 Å². The monoisotopic (exact) mass is 241 g/mol. The molecule has 0 saturated heterocycles. The van der Waals surface area contributed by atoms with Crippen molar-refractivity contribution in [3.8, 4) is 0 Å². The Kier molecular flexibility index (Phi) is 3.83. The van der Waals surface area contributed by atoms with Crippen LogP contribution in [0.25, 0.3) is 0 Å². The van der Waals surface area contributed by atoms with Crippen LogP contribution in [0.5, 0.6) is 0 Å². The van der Waals surface area contributed by atoms with Gasteiger partial charge in [0.15, 0.2) is 22.8 Å². The van der Waals surface area contributed by atoms with Gasteiger partial charge < -0.3 is 9.76 Å². The van der Waals surface area contributed by atoms with Gasteiger partial charge in [0.1, 0.15) is 0 Å². The Morgan fingerprint density at radius 2 is 1.94 bits per heavy atom. The van der Waals surface area contributed by atoms with E-state index in [1.54, 1.807) is 39.0 Å². The Morgan fingerprint density at radius 1 is 1.38 bits per heavy atom. The molecule has 0 bridgehead atoms. The van der Waals surface area contributed by atoms with Gasteiger partial charge in [0.2, 0.25) is 0 Å². The predicted octanol–water partition coefficient (Wildman–Crippen LogP) is 1.99. The summed E-state index contributed by atoms with van der Waals surface area (Å²) in [7, 11) is 0. The second-order valence-corrected chi connectivity index (χ2v) is 5.35. The Balaban J connectivity index is 3.20. The number of hydroxylamine groups is 1. The van der Waals surface area contributed by atoms with Gasteiger partial charge in [-0.1, -0.05) is 12.1 Å². The Bertz CT molecular complexity index is 435. The van der Waals surface area contributed by atoms with E-state index in [2.05, 4.69) is 0 Å². The minimum Gasteiger partial charge on any atom is -0.623 e. The average Bonchev–Trinajstić information content (AvgIpc) is 2.16. The summed E-state index contributed by atoms with van der Waals surface area (Å²) in [5.74, 6) is 0. The van der Waals surface area contributed by atoms with Crippen molar-refractivity contribution in [2.75, 3.05) is 0 Å². The molecule has 0 heterocycles. The number of hydrogen-bond acceptors (Lipinski definition) is 2. The summed E-state index contributed by atoms with van der Waals surface area (Å²) in [6, 6.07) is 6.55. The topological polar surface area (TPSA) is 63.4 Å². The third-order valence-corrected chi connectivity index (χ3v) is 2.77. The lowest BCUT2D eigenvalue weighted by atomic mass is 10.1. The van der Waals surface area contributed by atoms with Gasteiger partial charge in [0.25, 0.3) is 0 Å². The molecule has 0 aliphatic carbocycles. The van der Waals surface area contributed by atoms with Gasteiger partial charge in [0.05, 0.1) is 10.5 Å². The fraction of sp³-hybridized carbons (Fsp3) is 0.364. The van der Waals surface area contributed by atoms with Crippen molar-refractivity contribution < 1.29 is 13.5 Å². The number of rotatable bonds is 2. The minimum absolute atomic E-state index is 0.243. The lowest BCUT2D eigenvalue weighted by Crippen LogP contribution is -2.29. The van der Waals surface area contributed by atoms with Gasteiger partial charge in [-0.15, -0.1) is 0 Å². The highest BCUT2D eigenvalue weighted by Crippen LogP contribution is 2.12. The van der Waals surface area contributed by atoms with Gasteiger partial charge in [0, 0.05) is 20.8 Å². The molecule has 1 rings (SSSR count). The summed E-state index contributed by atoms with van der Waals surface area (Å²) in [5.41, 5.74) is -0.0994. The molecule has 1 N–H and O–H groups in total. The quantitative estimate of drug-likeness (QED) is 0.283. The molecule has 1 unspecified atom stereocenters. The Labute approximate surface area is 97.5 Å². The zero-order valence-electron chi connectivity index (χ0n) is 9.51. The van der Waals surface area contributed by atoms with Crippen LogP contribution < -0.4 is 0 Å². The van der Waals surface area contributed by atoms with Crippen LogP contribution >= 0.6 is 0 Å². The summed E-state index contributed by atoms with van der Waals surface area (Å²) in [4.78, 5) is 0.243. The highest BCUT2D eigenvalue weighted by Gasteiger charge is 2.19. The summed E-state index contributed by atoms with van der Waals surface area (Å²) >= 11 is -2.08. The molecule has 0 radical (unpaired) electrons. The molecule has 88 valence electrons. The van der Waals surface area contributed by atoms with Gasteiger partial charge >= 0.3 is 0 Å². The maximum Gasteiger partial charge on any atom is 0.187 e. The second kappa shape index (κ2) is 4.76. The highest BCUT2D eigenvalue weighted by atomic mass is 32.2. The van der Waals surface area contributed by atoms with E-state index in [9.17, 15) is 9.42 Å². The first-order chi connectivity index (χ1) is 7.32. The Hall–Kier alpha value is -1.20. The van der Waals surface area contributed by atoms with Crippen LogP contribution in [0.15, 0.2) is 29.2 Å². The van der Waals surface area contributed by atoms with E-state index in [0.29, 0.717) is 5.56 Å². The zero-order valence-corrected chi connectivity index (χ0v) is 10.3. The molecule has 4 nitrogen and oxygen atoms in total. The van der Waals surface area contributed by atoms with E-state index in [1.165, 1.54) is 12.3 Å². The normalized spacial score (nSPS) is 14.9. The smallest absolute Gasteiger partial charge is 0.187 e. The molecule has 0 amide bonds. The highest BCUT2D eigenvalue weighted by molar-refractivity contribution is 7.79. The van der Waals surface area contributed by atoms with E-state index in [0.717, 1.165) is 4.74 Å². The molecule has 16 heavy (non-hydrogen) atoms. The van der Waals surface area contributed by atoms with E-state index in [4.69, 9.17) is 4.55 Å². The standard InChI is InChI=1S/C11H15NO3S/c1-11(2,3)12(13)8-9-6-4-5-7-10(9)16(14)15/h4-8H,1-3H3,(H,14,15)/b12-8-. The van der Waals surface area contributed by atoms with E-state index in [-0.39, 0.29) is 4.90 Å².